The fraction of sp³-hybridized carbons (Fsp3) is 0.0204. The molecule has 8 aromatic carbocycles. The minimum absolute atomic E-state index is 0.733. The van der Waals surface area contributed by atoms with Gasteiger partial charge in [-0.2, -0.15) is 0 Å². The fourth-order valence-corrected chi connectivity index (χ4v) is 8.56. The highest BCUT2D eigenvalue weighted by atomic mass is 16.3. The molecule has 52 heavy (non-hydrogen) atoms. The first-order valence-electron chi connectivity index (χ1n) is 17.6. The van der Waals surface area contributed by atoms with Crippen molar-refractivity contribution in [1.82, 2.24) is 0 Å². The third-order valence-electron chi connectivity index (χ3n) is 10.8. The molecule has 0 N–H and O–H groups in total. The lowest BCUT2D eigenvalue weighted by Crippen LogP contribution is -1.90. The molecule has 0 saturated heterocycles. The summed E-state index contributed by atoms with van der Waals surface area (Å²) in [4.78, 5) is 0. The Morgan fingerprint density at radius 3 is 1.58 bits per heavy atom. The zero-order valence-corrected chi connectivity index (χ0v) is 28.4. The van der Waals surface area contributed by atoms with Crippen molar-refractivity contribution in [2.24, 2.45) is 0 Å². The number of rotatable bonds is 4. The maximum absolute atomic E-state index is 6.64. The topological polar surface area (TPSA) is 39.4 Å². The Hall–Kier alpha value is -6.84. The lowest BCUT2D eigenvalue weighted by atomic mass is 9.85. The molecule has 0 unspecified atom stereocenters. The van der Waals surface area contributed by atoms with Gasteiger partial charge >= 0.3 is 0 Å². The summed E-state index contributed by atoms with van der Waals surface area (Å²) in [6.07, 6.45) is 1.81. The lowest BCUT2D eigenvalue weighted by molar-refractivity contribution is 0.581. The van der Waals surface area contributed by atoms with Crippen LogP contribution in [0.15, 0.2) is 165 Å². The van der Waals surface area contributed by atoms with E-state index in [0.717, 1.165) is 88.4 Å². The van der Waals surface area contributed by atoms with Crippen molar-refractivity contribution < 1.29 is 13.3 Å². The summed E-state index contributed by atoms with van der Waals surface area (Å²) >= 11 is 0. The van der Waals surface area contributed by atoms with Crippen LogP contribution in [0.1, 0.15) is 11.5 Å². The van der Waals surface area contributed by atoms with Crippen molar-refractivity contribution in [2.45, 2.75) is 6.92 Å². The summed E-state index contributed by atoms with van der Waals surface area (Å²) < 4.78 is 19.5. The van der Waals surface area contributed by atoms with Crippen LogP contribution in [0.3, 0.4) is 0 Å². The quantitative estimate of drug-likeness (QED) is 0.176. The van der Waals surface area contributed by atoms with Crippen molar-refractivity contribution >= 4 is 82.3 Å². The van der Waals surface area contributed by atoms with Gasteiger partial charge in [0, 0.05) is 38.1 Å². The summed E-state index contributed by atoms with van der Waals surface area (Å²) in [5, 5.41) is 11.3. The predicted molar refractivity (Wildman–Crippen MR) is 217 cm³/mol. The van der Waals surface area contributed by atoms with E-state index in [0.29, 0.717) is 0 Å². The van der Waals surface area contributed by atoms with Gasteiger partial charge in [-0.05, 0) is 98.6 Å². The van der Waals surface area contributed by atoms with E-state index in [-0.39, 0.29) is 0 Å². The highest BCUT2D eigenvalue weighted by Crippen LogP contribution is 2.48. The molecule has 0 spiro atoms. The summed E-state index contributed by atoms with van der Waals surface area (Å²) in [7, 11) is 0. The van der Waals surface area contributed by atoms with Gasteiger partial charge in [0.05, 0.1) is 0 Å². The molecular weight excluding hydrogens is 637 g/mol. The maximum Gasteiger partial charge on any atom is 0.142 e. The van der Waals surface area contributed by atoms with Crippen molar-refractivity contribution in [3.05, 3.63) is 164 Å². The van der Waals surface area contributed by atoms with E-state index in [1.54, 1.807) is 0 Å². The molecule has 244 valence electrons. The maximum atomic E-state index is 6.64. The molecule has 0 saturated carbocycles. The van der Waals surface area contributed by atoms with Crippen molar-refractivity contribution in [2.75, 3.05) is 0 Å². The SMILES string of the molecule is C=Cc1oc2cc(-c3c4ccccc4c(-c4ccc5c(c4)oc4ccccc45)c4ccccc34)ccc2c1-c1c(C)oc2c1ccc1ccccc12. The Labute approximate surface area is 298 Å². The van der Waals surface area contributed by atoms with Gasteiger partial charge in [-0.1, -0.05) is 116 Å². The predicted octanol–water partition coefficient (Wildman–Crippen LogP) is 14.5. The lowest BCUT2D eigenvalue weighted by Gasteiger charge is -2.17. The van der Waals surface area contributed by atoms with E-state index >= 15 is 0 Å². The Bertz CT molecular complexity index is 3220. The fourth-order valence-electron chi connectivity index (χ4n) is 8.56. The second-order valence-corrected chi connectivity index (χ2v) is 13.6. The number of hydrogen-bond donors (Lipinski definition) is 0. The molecule has 11 rings (SSSR count). The van der Waals surface area contributed by atoms with Crippen LogP contribution in [0.2, 0.25) is 0 Å². The Morgan fingerprint density at radius 2 is 0.923 bits per heavy atom. The molecule has 3 aromatic heterocycles. The second-order valence-electron chi connectivity index (χ2n) is 13.6. The normalized spacial score (nSPS) is 12.0. The Kier molecular flexibility index (Phi) is 6.03. The van der Waals surface area contributed by atoms with Crippen LogP contribution in [0, 0.1) is 6.92 Å². The van der Waals surface area contributed by atoms with Crippen molar-refractivity contribution in [3.63, 3.8) is 0 Å². The molecular formula is C49H30O3. The van der Waals surface area contributed by atoms with Gasteiger partial charge in [0.25, 0.3) is 0 Å². The molecule has 0 aliphatic carbocycles. The van der Waals surface area contributed by atoms with Gasteiger partial charge in [0.15, 0.2) is 0 Å². The third-order valence-corrected chi connectivity index (χ3v) is 10.8. The number of para-hydroxylation sites is 1. The van der Waals surface area contributed by atoms with E-state index in [1.807, 2.05) is 25.1 Å². The largest absolute Gasteiger partial charge is 0.460 e. The molecule has 0 amide bonds. The highest BCUT2D eigenvalue weighted by molar-refractivity contribution is 6.23. The number of aryl methyl sites for hydroxylation is 1. The first kappa shape index (κ1) is 28.9. The molecule has 0 atom stereocenters. The van der Waals surface area contributed by atoms with Crippen LogP contribution in [-0.4, -0.2) is 0 Å². The average Bonchev–Trinajstić information content (AvgIpc) is 3.86. The molecule has 0 radical (unpaired) electrons. The van der Waals surface area contributed by atoms with Crippen LogP contribution in [0.25, 0.3) is 116 Å². The smallest absolute Gasteiger partial charge is 0.142 e. The van der Waals surface area contributed by atoms with Crippen molar-refractivity contribution in [1.29, 1.82) is 0 Å². The van der Waals surface area contributed by atoms with Gasteiger partial charge in [0.1, 0.15) is 33.9 Å². The zero-order chi connectivity index (χ0) is 34.5. The standard InChI is InChI=1S/C49H30O3/c1-3-41-48(45-28(2)50-49-32-13-5-4-12-29(32)20-25-40(45)49)39-24-22-31(27-44(39)51-41)47-37-17-8-6-15-35(37)46(36-16-7-9-18-38(36)47)30-21-23-34-33-14-10-11-19-42(33)52-43(34)26-30/h3-27H,1H2,2H3. The molecule has 3 nitrogen and oxygen atoms in total. The number of hydrogen-bond acceptors (Lipinski definition) is 3. The van der Waals surface area contributed by atoms with E-state index in [4.69, 9.17) is 13.3 Å². The highest BCUT2D eigenvalue weighted by Gasteiger charge is 2.24. The Morgan fingerprint density at radius 1 is 0.404 bits per heavy atom. The van der Waals surface area contributed by atoms with Gasteiger partial charge in [-0.15, -0.1) is 0 Å². The zero-order valence-electron chi connectivity index (χ0n) is 28.4. The van der Waals surface area contributed by atoms with E-state index in [1.165, 1.54) is 32.7 Å². The minimum atomic E-state index is 0.733. The van der Waals surface area contributed by atoms with Crippen LogP contribution >= 0.6 is 0 Å². The monoisotopic (exact) mass is 666 g/mol. The summed E-state index contributed by atoms with van der Waals surface area (Å²) in [6, 6.07) is 51.6. The minimum Gasteiger partial charge on any atom is -0.460 e. The van der Waals surface area contributed by atoms with Gasteiger partial charge < -0.3 is 13.3 Å². The van der Waals surface area contributed by atoms with Crippen LogP contribution in [-0.2, 0) is 0 Å². The molecule has 0 fully saturated rings. The van der Waals surface area contributed by atoms with Crippen molar-refractivity contribution in [3.8, 4) is 33.4 Å². The van der Waals surface area contributed by atoms with Crippen LogP contribution in [0.4, 0.5) is 0 Å². The first-order chi connectivity index (χ1) is 25.7. The van der Waals surface area contributed by atoms with E-state index < -0.39 is 0 Å². The van der Waals surface area contributed by atoms with E-state index in [9.17, 15) is 0 Å². The molecule has 3 heterocycles. The summed E-state index contributed by atoms with van der Waals surface area (Å²) in [5.74, 6) is 1.59. The molecule has 0 aliphatic rings. The van der Waals surface area contributed by atoms with Crippen LogP contribution < -0.4 is 0 Å². The molecule has 11 aromatic rings. The number of fused-ring (bicyclic) bond motifs is 9. The molecule has 3 heteroatoms. The van der Waals surface area contributed by atoms with Gasteiger partial charge in [0.2, 0.25) is 0 Å². The summed E-state index contributed by atoms with van der Waals surface area (Å²) in [5.41, 5.74) is 10.1. The third kappa shape index (κ3) is 4.02. The van der Waals surface area contributed by atoms with Gasteiger partial charge in [-0.25, -0.2) is 0 Å². The molecule has 0 aliphatic heterocycles. The van der Waals surface area contributed by atoms with Crippen LogP contribution in [0.5, 0.6) is 0 Å². The second kappa shape index (κ2) is 10.8. The Balaban J connectivity index is 1.14. The molecule has 0 bridgehead atoms. The first-order valence-corrected chi connectivity index (χ1v) is 17.6. The average molecular weight is 667 g/mol. The van der Waals surface area contributed by atoms with E-state index in [2.05, 4.69) is 140 Å². The summed E-state index contributed by atoms with van der Waals surface area (Å²) in [6.45, 7) is 6.20. The number of benzene rings is 8. The number of furan rings is 3. The van der Waals surface area contributed by atoms with Gasteiger partial charge in [-0.3, -0.25) is 0 Å².